The van der Waals surface area contributed by atoms with Crippen LogP contribution in [0.15, 0.2) is 28.3 Å². The summed E-state index contributed by atoms with van der Waals surface area (Å²) in [6.07, 6.45) is 2.13. The van der Waals surface area contributed by atoms with Gasteiger partial charge in [0.25, 0.3) is 5.91 Å². The number of pyridine rings is 1. The number of aromatic nitrogens is 1. The molecule has 1 unspecified atom stereocenters. The van der Waals surface area contributed by atoms with Crippen LogP contribution in [0.5, 0.6) is 5.75 Å². The summed E-state index contributed by atoms with van der Waals surface area (Å²) in [5, 5.41) is 16.3. The Morgan fingerprint density at radius 2 is 1.86 bits per heavy atom. The molecule has 0 radical (unpaired) electrons. The zero-order valence-corrected chi connectivity index (χ0v) is 20.5. The minimum Gasteiger partial charge on any atom is -0.503 e. The van der Waals surface area contributed by atoms with Crippen LogP contribution in [-0.2, 0) is 11.4 Å². The molecule has 1 atom stereocenters. The van der Waals surface area contributed by atoms with Crippen molar-refractivity contribution >= 4 is 18.9 Å². The Hall–Kier alpha value is -3.67. The molecular formula is C24H29F3N4O5. The van der Waals surface area contributed by atoms with Gasteiger partial charge < -0.3 is 24.7 Å². The van der Waals surface area contributed by atoms with E-state index in [1.165, 1.54) is 4.57 Å². The number of carbonyl (C=O) groups excluding carboxylic acids is 2. The fourth-order valence-electron chi connectivity index (χ4n) is 4.07. The van der Waals surface area contributed by atoms with Crippen molar-refractivity contribution in [1.29, 1.82) is 0 Å². The third-order valence-corrected chi connectivity index (χ3v) is 6.06. The molecule has 36 heavy (non-hydrogen) atoms. The van der Waals surface area contributed by atoms with E-state index in [-0.39, 0.29) is 12.8 Å². The summed E-state index contributed by atoms with van der Waals surface area (Å²) < 4.78 is 42.4. The van der Waals surface area contributed by atoms with Crippen molar-refractivity contribution in [3.63, 3.8) is 0 Å². The molecule has 196 valence electrons. The lowest BCUT2D eigenvalue weighted by Gasteiger charge is -2.40. The van der Waals surface area contributed by atoms with Gasteiger partial charge in [0.05, 0.1) is 6.04 Å². The predicted octanol–water partition coefficient (Wildman–Crippen LogP) is 3.01. The molecule has 0 aliphatic rings. The number of nitrogens with one attached hydrogen (secondary N) is 1. The summed E-state index contributed by atoms with van der Waals surface area (Å²) in [5.41, 5.74) is -3.80. The zero-order chi connectivity index (χ0) is 27.2. The lowest BCUT2D eigenvalue weighted by Crippen LogP contribution is -2.46. The summed E-state index contributed by atoms with van der Waals surface area (Å²) in [5.74, 6) is -5.63. The molecule has 0 fully saturated rings. The van der Waals surface area contributed by atoms with E-state index in [2.05, 4.69) is 17.2 Å². The summed E-state index contributed by atoms with van der Waals surface area (Å²) in [4.78, 5) is 45.0. The van der Waals surface area contributed by atoms with Gasteiger partial charge in [-0.15, -0.1) is 5.16 Å². The second-order valence-electron chi connectivity index (χ2n) is 8.43. The van der Waals surface area contributed by atoms with Crippen LogP contribution in [0.25, 0.3) is 0 Å². The molecule has 2 rings (SSSR count). The molecule has 0 saturated carbocycles. The van der Waals surface area contributed by atoms with Gasteiger partial charge in [0, 0.05) is 43.7 Å². The smallest absolute Gasteiger partial charge is 0.257 e. The quantitative estimate of drug-likeness (QED) is 0.258. The molecule has 12 heteroatoms. The first kappa shape index (κ1) is 28.6. The van der Waals surface area contributed by atoms with Gasteiger partial charge in [-0.1, -0.05) is 13.8 Å². The van der Waals surface area contributed by atoms with E-state index in [4.69, 9.17) is 4.84 Å². The molecule has 0 saturated heterocycles. The molecule has 9 nitrogen and oxygen atoms in total. The van der Waals surface area contributed by atoms with Gasteiger partial charge in [-0.3, -0.25) is 14.4 Å². The lowest BCUT2D eigenvalue weighted by atomic mass is 9.87. The molecule has 1 amide bonds. The summed E-state index contributed by atoms with van der Waals surface area (Å²) in [6.45, 7) is 6.55. The van der Waals surface area contributed by atoms with Crippen LogP contribution < -0.4 is 10.7 Å². The van der Waals surface area contributed by atoms with Crippen LogP contribution >= 0.6 is 0 Å². The van der Waals surface area contributed by atoms with Gasteiger partial charge in [-0.25, -0.2) is 13.2 Å². The standard InChI is InChI=1S/C24H29F3N4O5/c1-6-24(7-2,36-28-3)20(12-30(4)5)31-11-16(21(33)22(34)19(31)13-32)23(35)29-10-15-17(26)8-14(25)9-18(15)27/h8-9,11,13,20,34H,3,6-7,10,12H2,1-2,4-5H3,(H,29,35). The predicted molar refractivity (Wildman–Crippen MR) is 127 cm³/mol. The SMILES string of the molecule is C=NOC(CC)(CC)C(CN(C)C)n1cc(C(=O)NCc2c(F)cc(F)cc2F)c(=O)c(O)c1C=O. The van der Waals surface area contributed by atoms with E-state index in [0.717, 1.165) is 6.20 Å². The van der Waals surface area contributed by atoms with Gasteiger partial charge in [-0.2, -0.15) is 0 Å². The molecular weight excluding hydrogens is 481 g/mol. The maximum atomic E-state index is 14.0. The van der Waals surface area contributed by atoms with E-state index in [1.807, 2.05) is 13.8 Å². The minimum atomic E-state index is -1.22. The normalized spacial score (nSPS) is 12.3. The van der Waals surface area contributed by atoms with Crippen molar-refractivity contribution in [2.75, 3.05) is 20.6 Å². The Balaban J connectivity index is 2.63. The number of likely N-dealkylation sites (N-methyl/N-ethyl adjacent to an activating group) is 1. The average molecular weight is 511 g/mol. The number of carbonyl (C=O) groups is 2. The second kappa shape index (κ2) is 11.8. The molecule has 1 aromatic carbocycles. The molecule has 0 bridgehead atoms. The van der Waals surface area contributed by atoms with Gasteiger partial charge in [0.15, 0.2) is 17.6 Å². The highest BCUT2D eigenvalue weighted by Gasteiger charge is 2.41. The summed E-state index contributed by atoms with van der Waals surface area (Å²) in [6, 6.07) is 0.173. The molecule has 2 aromatic rings. The van der Waals surface area contributed by atoms with Crippen molar-refractivity contribution in [2.45, 2.75) is 44.9 Å². The maximum Gasteiger partial charge on any atom is 0.257 e. The number of nitrogens with zero attached hydrogens (tertiary/aromatic N) is 3. The van der Waals surface area contributed by atoms with E-state index in [1.54, 1.807) is 19.0 Å². The van der Waals surface area contributed by atoms with Crippen LogP contribution in [0.4, 0.5) is 13.2 Å². The zero-order valence-electron chi connectivity index (χ0n) is 20.5. The van der Waals surface area contributed by atoms with Crippen molar-refractivity contribution in [3.05, 3.63) is 62.8 Å². The van der Waals surface area contributed by atoms with Crippen molar-refractivity contribution < 1.29 is 32.7 Å². The number of benzene rings is 1. The topological polar surface area (TPSA) is 113 Å². The van der Waals surface area contributed by atoms with Gasteiger partial charge in [0.1, 0.15) is 28.7 Å². The van der Waals surface area contributed by atoms with E-state index in [0.29, 0.717) is 25.0 Å². The first-order valence-electron chi connectivity index (χ1n) is 11.1. The van der Waals surface area contributed by atoms with Crippen molar-refractivity contribution in [2.24, 2.45) is 5.16 Å². The molecule has 2 N–H and O–H groups in total. The molecule has 1 aromatic heterocycles. The third kappa shape index (κ3) is 5.76. The fourth-order valence-corrected chi connectivity index (χ4v) is 4.07. The number of oxime groups is 1. The van der Waals surface area contributed by atoms with Crippen LogP contribution in [0.1, 0.15) is 59.1 Å². The van der Waals surface area contributed by atoms with Crippen molar-refractivity contribution in [3.8, 4) is 5.75 Å². The highest BCUT2D eigenvalue weighted by Crippen LogP contribution is 2.36. The fraction of sp³-hybridized carbons (Fsp3) is 0.417. The molecule has 0 aliphatic heterocycles. The van der Waals surface area contributed by atoms with Crippen molar-refractivity contribution in [1.82, 2.24) is 14.8 Å². The Morgan fingerprint density at radius 1 is 1.28 bits per heavy atom. The van der Waals surface area contributed by atoms with Crippen LogP contribution in [0.3, 0.4) is 0 Å². The van der Waals surface area contributed by atoms with Gasteiger partial charge >= 0.3 is 0 Å². The Labute approximate surface area is 206 Å². The number of amides is 1. The van der Waals surface area contributed by atoms with E-state index in [9.17, 15) is 32.7 Å². The second-order valence-corrected chi connectivity index (χ2v) is 8.43. The number of hydrogen-bond donors (Lipinski definition) is 2. The summed E-state index contributed by atoms with van der Waals surface area (Å²) >= 11 is 0. The largest absolute Gasteiger partial charge is 0.503 e. The van der Waals surface area contributed by atoms with Gasteiger partial charge in [-0.05, 0) is 26.9 Å². The van der Waals surface area contributed by atoms with E-state index < -0.39 is 69.5 Å². The first-order chi connectivity index (χ1) is 17.0. The molecule has 1 heterocycles. The van der Waals surface area contributed by atoms with Crippen LogP contribution in [0.2, 0.25) is 0 Å². The number of aldehydes is 1. The highest BCUT2D eigenvalue weighted by molar-refractivity contribution is 5.95. The van der Waals surface area contributed by atoms with E-state index >= 15 is 0 Å². The number of rotatable bonds is 12. The number of aromatic hydroxyl groups is 1. The molecule has 0 aliphatic carbocycles. The average Bonchev–Trinajstić information content (AvgIpc) is 2.82. The maximum absolute atomic E-state index is 14.0. The first-order valence-corrected chi connectivity index (χ1v) is 11.1. The third-order valence-electron chi connectivity index (χ3n) is 6.06. The Morgan fingerprint density at radius 3 is 2.33 bits per heavy atom. The minimum absolute atomic E-state index is 0.243. The van der Waals surface area contributed by atoms with Crippen LogP contribution in [-0.4, -0.2) is 59.7 Å². The molecule has 0 spiro atoms. The Kier molecular flexibility index (Phi) is 9.40. The monoisotopic (exact) mass is 510 g/mol. The lowest BCUT2D eigenvalue weighted by molar-refractivity contribution is -0.0905. The number of halogens is 3. The number of hydrogen-bond acceptors (Lipinski definition) is 7. The van der Waals surface area contributed by atoms with Crippen LogP contribution in [0, 0.1) is 17.5 Å². The Bertz CT molecular complexity index is 1170. The summed E-state index contributed by atoms with van der Waals surface area (Å²) in [7, 11) is 3.51. The highest BCUT2D eigenvalue weighted by atomic mass is 19.1. The van der Waals surface area contributed by atoms with Gasteiger partial charge in [0.2, 0.25) is 5.43 Å².